The highest BCUT2D eigenvalue weighted by molar-refractivity contribution is 5.86. The molecule has 0 radical (unpaired) electrons. The molecule has 0 aromatic heterocycles. The predicted molar refractivity (Wildman–Crippen MR) is 139 cm³/mol. The van der Waals surface area contributed by atoms with Gasteiger partial charge in [0.05, 0.1) is 24.6 Å². The third-order valence-electron chi connectivity index (χ3n) is 7.19. The van der Waals surface area contributed by atoms with Crippen molar-refractivity contribution in [2.45, 2.75) is 89.1 Å². The first-order valence-electron chi connectivity index (χ1n) is 13.6. The van der Waals surface area contributed by atoms with E-state index in [2.05, 4.69) is 10.6 Å². The predicted octanol–water partition coefficient (Wildman–Crippen LogP) is 3.84. The lowest BCUT2D eigenvalue weighted by molar-refractivity contribution is -0.145. The molecule has 3 rings (SSSR count). The lowest BCUT2D eigenvalue weighted by atomic mass is 9.84. The lowest BCUT2D eigenvalue weighted by Crippen LogP contribution is -2.45. The van der Waals surface area contributed by atoms with E-state index in [-0.39, 0.29) is 43.5 Å². The Kier molecular flexibility index (Phi) is 12.0. The van der Waals surface area contributed by atoms with E-state index in [0.717, 1.165) is 31.2 Å². The van der Waals surface area contributed by atoms with Crippen molar-refractivity contribution in [1.82, 2.24) is 10.6 Å². The van der Waals surface area contributed by atoms with Crippen molar-refractivity contribution in [3.8, 4) is 0 Å². The van der Waals surface area contributed by atoms with E-state index in [1.54, 1.807) is 0 Å². The van der Waals surface area contributed by atoms with Crippen molar-refractivity contribution >= 4 is 17.8 Å². The summed E-state index contributed by atoms with van der Waals surface area (Å²) in [6, 6.07) is 9.04. The number of cyclic esters (lactones) is 1. The van der Waals surface area contributed by atoms with Crippen LogP contribution >= 0.6 is 0 Å². The fraction of sp³-hybridized carbons (Fsp3) is 0.621. The molecule has 1 saturated carbocycles. The molecule has 1 aromatic carbocycles. The first kappa shape index (κ1) is 27.9. The maximum atomic E-state index is 13.3. The molecule has 1 aliphatic heterocycles. The molecule has 0 bridgehead atoms. The molecule has 7 nitrogen and oxygen atoms in total. The largest absolute Gasteiger partial charge is 0.463 e. The Hall–Kier alpha value is -2.67. The van der Waals surface area contributed by atoms with Gasteiger partial charge in [-0.3, -0.25) is 14.4 Å². The first-order chi connectivity index (χ1) is 17.5. The molecule has 1 fully saturated rings. The van der Waals surface area contributed by atoms with E-state index in [0.29, 0.717) is 31.6 Å². The zero-order valence-electron chi connectivity index (χ0n) is 21.3. The maximum Gasteiger partial charge on any atom is 0.305 e. The average molecular weight is 499 g/mol. The number of allylic oxidation sites excluding steroid dienone is 2. The number of hydrogen-bond acceptors (Lipinski definition) is 5. The van der Waals surface area contributed by atoms with Crippen LogP contribution in [0.3, 0.4) is 0 Å². The van der Waals surface area contributed by atoms with Crippen LogP contribution in [0.4, 0.5) is 0 Å². The van der Waals surface area contributed by atoms with Crippen LogP contribution in [-0.4, -0.2) is 48.2 Å². The monoisotopic (exact) mass is 498 g/mol. The Morgan fingerprint density at radius 2 is 1.86 bits per heavy atom. The Bertz CT molecular complexity index is 850. The zero-order chi connectivity index (χ0) is 25.6. The van der Waals surface area contributed by atoms with E-state index in [1.165, 1.54) is 19.3 Å². The summed E-state index contributed by atoms with van der Waals surface area (Å²) in [6.45, 7) is 0.00328. The van der Waals surface area contributed by atoms with Crippen LogP contribution in [0.2, 0.25) is 0 Å². The van der Waals surface area contributed by atoms with Crippen molar-refractivity contribution < 1.29 is 24.2 Å². The minimum Gasteiger partial charge on any atom is -0.463 e. The second-order valence-corrected chi connectivity index (χ2v) is 10.3. The molecule has 0 saturated heterocycles. The Morgan fingerprint density at radius 1 is 1.08 bits per heavy atom. The number of amides is 2. The Morgan fingerprint density at radius 3 is 2.61 bits per heavy atom. The fourth-order valence-electron chi connectivity index (χ4n) is 5.17. The SMILES string of the molecule is O=C(C[C@H]1CC=CCCCC(=O)OC[C@H](CC2CCCCC2)NC1=O)N[C@@H](CO)Cc1ccccc1. The molecule has 7 heteroatoms. The smallest absolute Gasteiger partial charge is 0.305 e. The third kappa shape index (κ3) is 10.1. The summed E-state index contributed by atoms with van der Waals surface area (Å²) in [4.78, 5) is 38.4. The molecule has 36 heavy (non-hydrogen) atoms. The third-order valence-corrected chi connectivity index (χ3v) is 7.19. The van der Waals surface area contributed by atoms with E-state index >= 15 is 0 Å². The molecular formula is C29H42N2O5. The highest BCUT2D eigenvalue weighted by Crippen LogP contribution is 2.28. The lowest BCUT2D eigenvalue weighted by Gasteiger charge is -2.28. The van der Waals surface area contributed by atoms with Gasteiger partial charge in [0, 0.05) is 12.8 Å². The van der Waals surface area contributed by atoms with Crippen LogP contribution in [0.25, 0.3) is 0 Å². The summed E-state index contributed by atoms with van der Waals surface area (Å²) in [5.74, 6) is -0.673. The van der Waals surface area contributed by atoms with Crippen molar-refractivity contribution in [2.24, 2.45) is 11.8 Å². The van der Waals surface area contributed by atoms with Gasteiger partial charge >= 0.3 is 5.97 Å². The van der Waals surface area contributed by atoms with Gasteiger partial charge in [0.2, 0.25) is 11.8 Å². The van der Waals surface area contributed by atoms with Crippen molar-refractivity contribution in [3.05, 3.63) is 48.0 Å². The van der Waals surface area contributed by atoms with E-state index in [4.69, 9.17) is 4.74 Å². The topological polar surface area (TPSA) is 105 Å². The number of hydrogen-bond donors (Lipinski definition) is 3. The van der Waals surface area contributed by atoms with Crippen LogP contribution in [-0.2, 0) is 25.5 Å². The van der Waals surface area contributed by atoms with E-state index in [9.17, 15) is 19.5 Å². The highest BCUT2D eigenvalue weighted by Gasteiger charge is 2.27. The number of esters is 1. The minimum atomic E-state index is -0.525. The second-order valence-electron chi connectivity index (χ2n) is 10.3. The summed E-state index contributed by atoms with van der Waals surface area (Å²) in [5.41, 5.74) is 1.03. The van der Waals surface area contributed by atoms with Gasteiger partial charge in [-0.25, -0.2) is 0 Å². The summed E-state index contributed by atoms with van der Waals surface area (Å²) >= 11 is 0. The van der Waals surface area contributed by atoms with Crippen molar-refractivity contribution in [1.29, 1.82) is 0 Å². The molecule has 0 spiro atoms. The summed E-state index contributed by atoms with van der Waals surface area (Å²) in [5, 5.41) is 15.8. The van der Waals surface area contributed by atoms with Crippen LogP contribution in [0, 0.1) is 11.8 Å². The standard InChI is InChI=1S/C29H42N2O5/c32-20-25(17-22-11-5-3-6-12-22)30-27(33)19-24-15-9-1-2-10-16-28(34)36-21-26(31-29(24)35)18-23-13-7-4-8-14-23/h1,3,5-6,9,11-12,23-26,32H,2,4,7-8,10,13-21H2,(H,30,33)(H,31,35)/t24-,25-,26+/m1/s1. The number of carbonyl (C=O) groups is 3. The molecular weight excluding hydrogens is 456 g/mol. The van der Waals surface area contributed by atoms with Crippen LogP contribution in [0.1, 0.15) is 76.2 Å². The van der Waals surface area contributed by atoms with E-state index < -0.39 is 12.0 Å². The number of carbonyl (C=O) groups excluding carboxylic acids is 3. The van der Waals surface area contributed by atoms with Gasteiger partial charge in [0.1, 0.15) is 6.61 Å². The maximum absolute atomic E-state index is 13.3. The number of benzene rings is 1. The molecule has 2 aliphatic rings. The zero-order valence-corrected chi connectivity index (χ0v) is 21.3. The van der Waals surface area contributed by atoms with E-state index in [1.807, 2.05) is 42.5 Å². The minimum absolute atomic E-state index is 0.0391. The summed E-state index contributed by atoms with van der Waals surface area (Å²) in [6.07, 6.45) is 13.4. The molecule has 1 aliphatic carbocycles. The van der Waals surface area contributed by atoms with Crippen LogP contribution in [0.15, 0.2) is 42.5 Å². The van der Waals surface area contributed by atoms with Crippen molar-refractivity contribution in [3.63, 3.8) is 0 Å². The summed E-state index contributed by atoms with van der Waals surface area (Å²) in [7, 11) is 0. The average Bonchev–Trinajstić information content (AvgIpc) is 2.89. The normalized spacial score (nSPS) is 23.4. The Balaban J connectivity index is 1.63. The molecule has 198 valence electrons. The number of rotatable bonds is 8. The van der Waals surface area contributed by atoms with Gasteiger partial charge in [-0.2, -0.15) is 0 Å². The number of aliphatic hydroxyl groups is 1. The Labute approximate surface area is 215 Å². The van der Waals surface area contributed by atoms with Gasteiger partial charge in [0.15, 0.2) is 0 Å². The fourth-order valence-corrected chi connectivity index (χ4v) is 5.17. The van der Waals surface area contributed by atoms with Gasteiger partial charge < -0.3 is 20.5 Å². The van der Waals surface area contributed by atoms with Gasteiger partial charge in [-0.1, -0.05) is 74.6 Å². The van der Waals surface area contributed by atoms with Crippen molar-refractivity contribution in [2.75, 3.05) is 13.2 Å². The molecule has 0 unspecified atom stereocenters. The van der Waals surface area contributed by atoms with Crippen LogP contribution < -0.4 is 10.6 Å². The number of aliphatic hydroxyl groups excluding tert-OH is 1. The van der Waals surface area contributed by atoms with Gasteiger partial charge in [0.25, 0.3) is 0 Å². The first-order valence-corrected chi connectivity index (χ1v) is 13.6. The number of nitrogens with one attached hydrogen (secondary N) is 2. The van der Waals surface area contributed by atoms with Gasteiger partial charge in [-0.15, -0.1) is 0 Å². The highest BCUT2D eigenvalue weighted by atomic mass is 16.5. The molecule has 2 amide bonds. The molecule has 1 heterocycles. The van der Waals surface area contributed by atoms with Gasteiger partial charge in [-0.05, 0) is 43.6 Å². The van der Waals surface area contributed by atoms with Crippen LogP contribution in [0.5, 0.6) is 0 Å². The molecule has 3 N–H and O–H groups in total. The number of ether oxygens (including phenoxy) is 1. The second kappa shape index (κ2) is 15.4. The molecule has 1 aromatic rings. The summed E-state index contributed by atoms with van der Waals surface area (Å²) < 4.78 is 5.51. The molecule has 3 atom stereocenters. The quantitative estimate of drug-likeness (QED) is 0.373.